The van der Waals surface area contributed by atoms with E-state index < -0.39 is 0 Å². The van der Waals surface area contributed by atoms with Crippen LogP contribution in [0.25, 0.3) is 6.08 Å². The van der Waals surface area contributed by atoms with Crippen LogP contribution in [0.5, 0.6) is 0 Å². The first-order valence-corrected chi connectivity index (χ1v) is 12.7. The van der Waals surface area contributed by atoms with Crippen molar-refractivity contribution in [2.75, 3.05) is 6.54 Å². The summed E-state index contributed by atoms with van der Waals surface area (Å²) in [7, 11) is 0. The van der Waals surface area contributed by atoms with Crippen molar-refractivity contribution in [1.29, 1.82) is 0 Å². The number of rotatable bonds is 16. The second-order valence-corrected chi connectivity index (χ2v) is 10.8. The van der Waals surface area contributed by atoms with Crippen molar-refractivity contribution in [3.8, 4) is 0 Å². The van der Waals surface area contributed by atoms with Gasteiger partial charge in [0.1, 0.15) is 18.2 Å². The van der Waals surface area contributed by atoms with Crippen molar-refractivity contribution >= 4 is 12.4 Å². The third kappa shape index (κ3) is 11.9. The van der Waals surface area contributed by atoms with Crippen molar-refractivity contribution in [1.82, 2.24) is 10.3 Å². The molecule has 0 saturated heterocycles. The molecule has 2 N–H and O–H groups in total. The van der Waals surface area contributed by atoms with Crippen LogP contribution in [0.2, 0.25) is 0 Å². The van der Waals surface area contributed by atoms with Crippen LogP contribution in [-0.4, -0.2) is 35.1 Å². The van der Waals surface area contributed by atoms with Crippen molar-refractivity contribution < 1.29 is 14.3 Å². The number of hydrogen-bond donors (Lipinski definition) is 2. The number of aromatic nitrogens is 1. The molecule has 3 unspecified atom stereocenters. The van der Waals surface area contributed by atoms with Crippen LogP contribution < -0.4 is 5.32 Å². The number of hydrogen-bond acceptors (Lipinski definition) is 5. The average Bonchev–Trinajstić information content (AvgIpc) is 3.19. The van der Waals surface area contributed by atoms with E-state index in [1.54, 1.807) is 6.26 Å². The third-order valence-corrected chi connectivity index (χ3v) is 6.35. The normalized spacial score (nSPS) is 16.3. The first-order chi connectivity index (χ1) is 15.9. The Morgan fingerprint density at radius 2 is 1.91 bits per heavy atom. The van der Waals surface area contributed by atoms with Gasteiger partial charge >= 0.3 is 0 Å². The van der Waals surface area contributed by atoms with E-state index in [4.69, 9.17) is 4.42 Å². The summed E-state index contributed by atoms with van der Waals surface area (Å²) < 4.78 is 5.35. The highest BCUT2D eigenvalue weighted by atomic mass is 16.3. The van der Waals surface area contributed by atoms with Gasteiger partial charge in [-0.3, -0.25) is 0 Å². The fraction of sp³-hybridized carbons (Fsp3) is 0.655. The van der Waals surface area contributed by atoms with Crippen molar-refractivity contribution in [3.05, 3.63) is 47.2 Å². The number of nitrogens with zero attached hydrogens (tertiary/aromatic N) is 1. The molecule has 0 aliphatic heterocycles. The van der Waals surface area contributed by atoms with E-state index in [9.17, 15) is 9.90 Å². The lowest BCUT2D eigenvalue weighted by Crippen LogP contribution is -2.31. The number of oxazole rings is 1. The molecular formula is C29H48N2O3. The predicted octanol–water partition coefficient (Wildman–Crippen LogP) is 6.68. The largest absolute Gasteiger partial charge is 0.449 e. The highest BCUT2D eigenvalue weighted by Gasteiger charge is 2.17. The van der Waals surface area contributed by atoms with E-state index in [0.717, 1.165) is 50.6 Å². The summed E-state index contributed by atoms with van der Waals surface area (Å²) in [5.74, 6) is 1.22. The lowest BCUT2D eigenvalue weighted by atomic mass is 9.90. The summed E-state index contributed by atoms with van der Waals surface area (Å²) in [5, 5.41) is 13.8. The minimum absolute atomic E-state index is 0.191. The van der Waals surface area contributed by atoms with Crippen LogP contribution in [0, 0.1) is 24.2 Å². The smallest absolute Gasteiger partial charge is 0.191 e. The maximum Gasteiger partial charge on any atom is 0.191 e. The first kappa shape index (κ1) is 30.1. The van der Waals surface area contributed by atoms with Crippen LogP contribution in [0.3, 0.4) is 0 Å². The van der Waals surface area contributed by atoms with E-state index in [0.29, 0.717) is 5.89 Å². The van der Waals surface area contributed by atoms with Gasteiger partial charge in [-0.2, -0.15) is 0 Å². The minimum atomic E-state index is -0.272. The summed E-state index contributed by atoms with van der Waals surface area (Å²) in [6, 6.07) is 0.191. The van der Waals surface area contributed by atoms with Gasteiger partial charge in [0.2, 0.25) is 0 Å². The Morgan fingerprint density at radius 3 is 2.50 bits per heavy atom. The molecule has 0 aliphatic rings. The average molecular weight is 473 g/mol. The lowest BCUT2D eigenvalue weighted by Gasteiger charge is -2.21. The van der Waals surface area contributed by atoms with Crippen molar-refractivity contribution in [3.63, 3.8) is 0 Å². The number of carbonyl (C=O) groups is 1. The van der Waals surface area contributed by atoms with E-state index in [1.165, 1.54) is 11.1 Å². The number of aliphatic hydroxyl groups is 1. The number of allylic oxidation sites excluding steroid dienone is 3. The Labute approximate surface area is 207 Å². The van der Waals surface area contributed by atoms with Gasteiger partial charge < -0.3 is 19.6 Å². The molecule has 0 aromatic carbocycles. The van der Waals surface area contributed by atoms with Gasteiger partial charge in [-0.25, -0.2) is 4.98 Å². The zero-order valence-corrected chi connectivity index (χ0v) is 22.7. The quantitative estimate of drug-likeness (QED) is 0.159. The van der Waals surface area contributed by atoms with Crippen LogP contribution in [0.15, 0.2) is 40.1 Å². The Balaban J connectivity index is 2.71. The summed E-state index contributed by atoms with van der Waals surface area (Å²) in [4.78, 5) is 15.6. The SMILES string of the molecule is C/C(=C/CC(NCCCC(C)(C)C=O)/C(C)=C/c1coc(C)n1)C/C=C\CC(C)C(O)C(C)C. The summed E-state index contributed by atoms with van der Waals surface area (Å²) in [6.45, 7) is 17.2. The number of aliphatic hydroxyl groups excluding tert-OH is 1. The number of carbonyl (C=O) groups excluding carboxylic acids is 1. The summed E-state index contributed by atoms with van der Waals surface area (Å²) >= 11 is 0. The topological polar surface area (TPSA) is 75.4 Å². The number of aldehydes is 1. The second kappa shape index (κ2) is 15.1. The van der Waals surface area contributed by atoms with Gasteiger partial charge in [0.05, 0.1) is 6.10 Å². The highest BCUT2D eigenvalue weighted by Crippen LogP contribution is 2.20. The molecule has 0 radical (unpaired) electrons. The maximum atomic E-state index is 11.2. The molecule has 0 bridgehead atoms. The van der Waals surface area contributed by atoms with E-state index in [1.807, 2.05) is 20.8 Å². The minimum Gasteiger partial charge on any atom is -0.449 e. The third-order valence-electron chi connectivity index (χ3n) is 6.35. The number of aryl methyl sites for hydroxylation is 1. The van der Waals surface area contributed by atoms with Crippen LogP contribution in [0.4, 0.5) is 0 Å². The molecule has 0 aliphatic carbocycles. The van der Waals surface area contributed by atoms with Crippen LogP contribution >= 0.6 is 0 Å². The molecule has 1 aromatic rings. The highest BCUT2D eigenvalue weighted by molar-refractivity contribution is 5.57. The van der Waals surface area contributed by atoms with Crippen molar-refractivity contribution in [2.45, 2.75) is 99.6 Å². The monoisotopic (exact) mass is 472 g/mol. The van der Waals surface area contributed by atoms with Gasteiger partial charge in [0.25, 0.3) is 0 Å². The molecule has 1 heterocycles. The van der Waals surface area contributed by atoms with Gasteiger partial charge in [0, 0.05) is 18.4 Å². The van der Waals surface area contributed by atoms with Crippen molar-refractivity contribution in [2.24, 2.45) is 17.3 Å². The zero-order chi connectivity index (χ0) is 25.7. The van der Waals surface area contributed by atoms with E-state index in [-0.39, 0.29) is 29.4 Å². The van der Waals surface area contributed by atoms with Gasteiger partial charge in [-0.15, -0.1) is 0 Å². The molecule has 192 valence electrons. The van der Waals surface area contributed by atoms with E-state index >= 15 is 0 Å². The molecular weight excluding hydrogens is 424 g/mol. The fourth-order valence-corrected chi connectivity index (χ4v) is 3.87. The first-order valence-electron chi connectivity index (χ1n) is 12.7. The van der Waals surface area contributed by atoms with Crippen LogP contribution in [0.1, 0.15) is 92.2 Å². The second-order valence-electron chi connectivity index (χ2n) is 10.8. The fourth-order valence-electron chi connectivity index (χ4n) is 3.87. The molecule has 0 amide bonds. The molecule has 5 heteroatoms. The Morgan fingerprint density at radius 1 is 1.21 bits per heavy atom. The van der Waals surface area contributed by atoms with Gasteiger partial charge in [-0.05, 0) is 70.4 Å². The zero-order valence-electron chi connectivity index (χ0n) is 22.7. The Bertz CT molecular complexity index is 817. The molecule has 3 atom stereocenters. The molecule has 1 aromatic heterocycles. The number of nitrogens with one attached hydrogen (secondary N) is 1. The Kier molecular flexibility index (Phi) is 13.4. The molecule has 0 fully saturated rings. The molecule has 0 spiro atoms. The molecule has 1 rings (SSSR count). The van der Waals surface area contributed by atoms with Gasteiger partial charge in [0.15, 0.2) is 5.89 Å². The van der Waals surface area contributed by atoms with Gasteiger partial charge in [-0.1, -0.05) is 64.0 Å². The molecule has 5 nitrogen and oxygen atoms in total. The maximum absolute atomic E-state index is 11.2. The van der Waals surface area contributed by atoms with E-state index in [2.05, 4.69) is 69.2 Å². The summed E-state index contributed by atoms with van der Waals surface area (Å²) in [6.07, 6.45) is 15.8. The summed E-state index contributed by atoms with van der Waals surface area (Å²) in [5.41, 5.74) is 3.10. The predicted molar refractivity (Wildman–Crippen MR) is 143 cm³/mol. The molecule has 0 saturated carbocycles. The standard InChI is InChI=1S/C29H48N2O3/c1-21(2)28(33)23(4)13-10-9-12-22(3)14-15-27(30-17-11-16-29(7,8)20-32)24(5)18-26-19-34-25(6)31-26/h9-10,14,18-21,23,27-28,30,33H,11-13,15-17H2,1-8H3/b10-9-,22-14-,24-18+. The molecule has 34 heavy (non-hydrogen) atoms. The van der Waals surface area contributed by atoms with Crippen LogP contribution in [-0.2, 0) is 4.79 Å². The lowest BCUT2D eigenvalue weighted by molar-refractivity contribution is -0.115. The Hall–Kier alpha value is -1.98.